The van der Waals surface area contributed by atoms with Crippen molar-refractivity contribution in [3.8, 4) is 0 Å². The average Bonchev–Trinajstić information content (AvgIpc) is 1.85. The van der Waals surface area contributed by atoms with Gasteiger partial charge in [0.2, 0.25) is 5.91 Å². The molecule has 0 N–H and O–H groups in total. The maximum absolute atomic E-state index is 10.6. The van der Waals surface area contributed by atoms with Crippen molar-refractivity contribution in [2.45, 2.75) is 33.1 Å². The van der Waals surface area contributed by atoms with Crippen LogP contribution in [-0.4, -0.2) is 35.5 Å². The van der Waals surface area contributed by atoms with Gasteiger partial charge in [0.25, 0.3) is 0 Å². The van der Waals surface area contributed by atoms with Crippen molar-refractivity contribution in [1.29, 1.82) is 0 Å². The minimum atomic E-state index is 0. The average molecular weight is 155 g/mol. The van der Waals surface area contributed by atoms with Crippen molar-refractivity contribution in [2.24, 2.45) is 0 Å². The molecule has 1 radical (unpaired) electrons. The van der Waals surface area contributed by atoms with Gasteiger partial charge in [-0.25, -0.2) is 0 Å². The van der Waals surface area contributed by atoms with Crippen molar-refractivity contribution in [1.82, 2.24) is 5.32 Å². The van der Waals surface area contributed by atoms with E-state index >= 15 is 0 Å². The predicted molar refractivity (Wildman–Crippen MR) is 45.8 cm³/mol. The van der Waals surface area contributed by atoms with Crippen molar-refractivity contribution in [2.75, 3.05) is 6.54 Å². The topological polar surface area (TPSA) is 31.2 Å². The van der Waals surface area contributed by atoms with Gasteiger partial charge in [-0.2, -0.15) is 0 Å². The van der Waals surface area contributed by atoms with Crippen LogP contribution in [0.2, 0.25) is 0 Å². The number of hydrogen-bond acceptors (Lipinski definition) is 1. The molecular weight excluding hydrogens is 138 g/mol. The van der Waals surface area contributed by atoms with Gasteiger partial charge in [0.05, 0.1) is 0 Å². The first-order valence-electron chi connectivity index (χ1n) is 3.51. The molecule has 0 spiro atoms. The van der Waals surface area contributed by atoms with Crippen LogP contribution in [0, 0.1) is 0 Å². The standard InChI is InChI=1S/C7H14NO.Mg.2H/c1-3-5-7(9)8-6-4-2;;;/h3-6H2,1-2H3;;;. The summed E-state index contributed by atoms with van der Waals surface area (Å²) in [6.07, 6.45) is 2.49. The Labute approximate surface area is 78.9 Å². The van der Waals surface area contributed by atoms with Crippen LogP contribution in [0.5, 0.6) is 0 Å². The number of carbonyl (C=O) groups is 1. The van der Waals surface area contributed by atoms with Crippen LogP contribution < -0.4 is 5.32 Å². The zero-order valence-corrected chi connectivity index (χ0v) is 6.18. The van der Waals surface area contributed by atoms with Crippen molar-refractivity contribution in [3.63, 3.8) is 0 Å². The van der Waals surface area contributed by atoms with Gasteiger partial charge in [0.1, 0.15) is 0 Å². The number of hydrogen-bond donors (Lipinski definition) is 0. The Balaban J connectivity index is 0. The third-order valence-electron chi connectivity index (χ3n) is 0.976. The van der Waals surface area contributed by atoms with E-state index in [0.717, 1.165) is 12.8 Å². The summed E-state index contributed by atoms with van der Waals surface area (Å²) in [4.78, 5) is 10.6. The fourth-order valence-corrected chi connectivity index (χ4v) is 0.529. The van der Waals surface area contributed by atoms with Gasteiger partial charge >= 0.3 is 23.1 Å². The highest BCUT2D eigenvalue weighted by atomic mass is 24.3. The molecule has 1 amide bonds. The second-order valence-corrected chi connectivity index (χ2v) is 2.03. The molecule has 0 rings (SSSR count). The molecule has 0 aliphatic carbocycles. The normalized spacial score (nSPS) is 8.20. The number of rotatable bonds is 4. The molecule has 0 aliphatic rings. The second kappa shape index (κ2) is 9.24. The second-order valence-electron chi connectivity index (χ2n) is 2.03. The number of amides is 1. The molecule has 0 saturated heterocycles. The zero-order chi connectivity index (χ0) is 7.11. The fourth-order valence-electron chi connectivity index (χ4n) is 0.529. The van der Waals surface area contributed by atoms with Crippen molar-refractivity contribution in [3.05, 3.63) is 0 Å². The molecule has 0 unspecified atom stereocenters. The first-order chi connectivity index (χ1) is 4.31. The summed E-state index contributed by atoms with van der Waals surface area (Å²) in [7, 11) is 0. The molecule has 0 heterocycles. The molecule has 2 nitrogen and oxygen atoms in total. The molecule has 0 aromatic rings. The molecule has 10 heavy (non-hydrogen) atoms. The molecule has 57 valence electrons. The minimum absolute atomic E-state index is 0. The van der Waals surface area contributed by atoms with Gasteiger partial charge < -0.3 is 0 Å². The monoisotopic (exact) mass is 154 g/mol. The quantitative estimate of drug-likeness (QED) is 0.540. The van der Waals surface area contributed by atoms with Crippen molar-refractivity contribution < 1.29 is 4.79 Å². The van der Waals surface area contributed by atoms with E-state index in [9.17, 15) is 4.79 Å². The van der Waals surface area contributed by atoms with Crippen LogP contribution in [0.15, 0.2) is 0 Å². The van der Waals surface area contributed by atoms with E-state index < -0.39 is 0 Å². The van der Waals surface area contributed by atoms with Crippen LogP contribution in [0.25, 0.3) is 0 Å². The minimum Gasteiger partial charge on any atom is -0.273 e. The Morgan fingerprint density at radius 2 is 1.90 bits per heavy atom. The summed E-state index contributed by atoms with van der Waals surface area (Å²) in [5.41, 5.74) is 0. The highest BCUT2D eigenvalue weighted by Gasteiger charge is 1.96. The molecule has 0 bridgehead atoms. The Morgan fingerprint density at radius 1 is 1.30 bits per heavy atom. The summed E-state index contributed by atoms with van der Waals surface area (Å²) < 4.78 is 0. The summed E-state index contributed by atoms with van der Waals surface area (Å²) in [6.45, 7) is 4.70. The lowest BCUT2D eigenvalue weighted by Gasteiger charge is -1.95. The van der Waals surface area contributed by atoms with Gasteiger partial charge in [-0.05, 0) is 12.8 Å². The van der Waals surface area contributed by atoms with Crippen LogP contribution >= 0.6 is 0 Å². The zero-order valence-electron chi connectivity index (χ0n) is 6.18. The smallest absolute Gasteiger partial charge is 0.273 e. The maximum atomic E-state index is 10.6. The SMILES string of the molecule is CCC[N]C(=O)CCC.[MgH2]. The van der Waals surface area contributed by atoms with E-state index in [1.54, 1.807) is 0 Å². The van der Waals surface area contributed by atoms with Gasteiger partial charge in [-0.15, -0.1) is 0 Å². The van der Waals surface area contributed by atoms with Gasteiger partial charge in [0, 0.05) is 13.0 Å². The molecule has 3 heteroatoms. The summed E-state index contributed by atoms with van der Waals surface area (Å²) >= 11 is 0. The summed E-state index contributed by atoms with van der Waals surface area (Å²) in [6, 6.07) is 0. The van der Waals surface area contributed by atoms with Gasteiger partial charge in [-0.3, -0.25) is 10.1 Å². The van der Waals surface area contributed by atoms with E-state index in [1.165, 1.54) is 0 Å². The molecule has 0 fully saturated rings. The lowest BCUT2D eigenvalue weighted by molar-refractivity contribution is -0.121. The predicted octanol–water partition coefficient (Wildman–Crippen LogP) is 0.411. The van der Waals surface area contributed by atoms with E-state index in [4.69, 9.17) is 0 Å². The van der Waals surface area contributed by atoms with E-state index in [0.29, 0.717) is 13.0 Å². The Bertz CT molecular complexity index is 85.7. The van der Waals surface area contributed by atoms with Crippen LogP contribution in [0.1, 0.15) is 33.1 Å². The molecule has 0 aliphatic heterocycles. The molecule has 0 atom stereocenters. The fraction of sp³-hybridized carbons (Fsp3) is 0.857. The first kappa shape index (κ1) is 12.9. The van der Waals surface area contributed by atoms with E-state index in [1.807, 2.05) is 13.8 Å². The third-order valence-corrected chi connectivity index (χ3v) is 0.976. The third kappa shape index (κ3) is 8.24. The molecule has 0 aromatic carbocycles. The highest BCUT2D eigenvalue weighted by molar-refractivity contribution is 5.75. The van der Waals surface area contributed by atoms with E-state index in [-0.39, 0.29) is 29.0 Å². The van der Waals surface area contributed by atoms with Crippen LogP contribution in [0.3, 0.4) is 0 Å². The highest BCUT2D eigenvalue weighted by Crippen LogP contribution is 1.86. The maximum Gasteiger partial charge on any atom is 0.316 e. The van der Waals surface area contributed by atoms with E-state index in [2.05, 4.69) is 5.32 Å². The van der Waals surface area contributed by atoms with Crippen LogP contribution in [-0.2, 0) is 4.79 Å². The lowest BCUT2D eigenvalue weighted by Crippen LogP contribution is -2.15. The first-order valence-corrected chi connectivity index (χ1v) is 3.51. The summed E-state index contributed by atoms with van der Waals surface area (Å²) in [5, 5.41) is 3.79. The summed E-state index contributed by atoms with van der Waals surface area (Å²) in [5.74, 6) is 0.0550. The largest absolute Gasteiger partial charge is 0.316 e. The Kier molecular flexibility index (Phi) is 11.9. The molecule has 0 saturated carbocycles. The van der Waals surface area contributed by atoms with Gasteiger partial charge in [-0.1, -0.05) is 13.8 Å². The van der Waals surface area contributed by atoms with Gasteiger partial charge in [0.15, 0.2) is 0 Å². The molecule has 0 aromatic heterocycles. The lowest BCUT2D eigenvalue weighted by atomic mass is 10.3. The number of carbonyl (C=O) groups excluding carboxylic acids is 1. The Morgan fingerprint density at radius 3 is 2.30 bits per heavy atom. The molecular formula is C7H16MgNO. The number of nitrogens with zero attached hydrogens (tertiary/aromatic N) is 1. The van der Waals surface area contributed by atoms with Crippen LogP contribution in [0.4, 0.5) is 0 Å². The Hall–Kier alpha value is 0.236. The van der Waals surface area contributed by atoms with Crippen molar-refractivity contribution >= 4 is 29.0 Å².